The van der Waals surface area contributed by atoms with Crippen LogP contribution in [0, 0.1) is 5.92 Å². The Balaban J connectivity index is 1.57. The van der Waals surface area contributed by atoms with Crippen LogP contribution in [-0.2, 0) is 10.0 Å². The van der Waals surface area contributed by atoms with Crippen molar-refractivity contribution in [1.29, 1.82) is 0 Å². The van der Waals surface area contributed by atoms with Crippen molar-refractivity contribution in [3.05, 3.63) is 17.5 Å². The van der Waals surface area contributed by atoms with Crippen LogP contribution in [0.4, 0.5) is 0 Å². The van der Waals surface area contributed by atoms with E-state index in [0.29, 0.717) is 31.1 Å². The summed E-state index contributed by atoms with van der Waals surface area (Å²) in [5.74, 6) is 0.898. The maximum atomic E-state index is 12.3. The van der Waals surface area contributed by atoms with Gasteiger partial charge in [0, 0.05) is 37.7 Å². The Morgan fingerprint density at radius 3 is 2.83 bits per heavy atom. The minimum atomic E-state index is -3.30. The highest BCUT2D eigenvalue weighted by Gasteiger charge is 2.34. The molecule has 0 bridgehead atoms. The van der Waals surface area contributed by atoms with E-state index in [-0.39, 0.29) is 30.2 Å². The zero-order valence-corrected chi connectivity index (χ0v) is 14.6. The highest BCUT2D eigenvalue weighted by molar-refractivity contribution is 7.89. The first-order valence-corrected chi connectivity index (χ1v) is 9.97. The Labute approximate surface area is 141 Å². The molecule has 9 heteroatoms. The molecule has 1 aliphatic heterocycles. The molecule has 8 nitrogen and oxygen atoms in total. The SMILES string of the molecule is C[C@@H]1CN(S(=O)(=O)CCN)CCC1NC(=O)c1cc(C2CC2)on1. The molecule has 24 heavy (non-hydrogen) atoms. The van der Waals surface area contributed by atoms with Gasteiger partial charge in [-0.25, -0.2) is 12.7 Å². The van der Waals surface area contributed by atoms with Gasteiger partial charge in [0.25, 0.3) is 5.91 Å². The molecule has 1 amide bonds. The molecule has 0 aromatic carbocycles. The minimum absolute atomic E-state index is 0.0186. The Morgan fingerprint density at radius 2 is 2.21 bits per heavy atom. The lowest BCUT2D eigenvalue weighted by atomic mass is 9.95. The van der Waals surface area contributed by atoms with Gasteiger partial charge in [-0.3, -0.25) is 4.79 Å². The summed E-state index contributed by atoms with van der Waals surface area (Å²) in [7, 11) is -3.30. The van der Waals surface area contributed by atoms with Gasteiger partial charge in [-0.1, -0.05) is 12.1 Å². The molecule has 0 spiro atoms. The predicted molar refractivity (Wildman–Crippen MR) is 87.9 cm³/mol. The Bertz CT molecular complexity index is 698. The summed E-state index contributed by atoms with van der Waals surface area (Å²) in [6, 6.07) is 1.63. The number of carbonyl (C=O) groups excluding carboxylic acids is 1. The molecular weight excluding hydrogens is 332 g/mol. The molecule has 1 saturated heterocycles. The highest BCUT2D eigenvalue weighted by Crippen LogP contribution is 2.40. The third-order valence-corrected chi connectivity index (χ3v) is 6.56. The summed E-state index contributed by atoms with van der Waals surface area (Å²) < 4.78 is 30.9. The zero-order chi connectivity index (χ0) is 17.3. The number of sulfonamides is 1. The van der Waals surface area contributed by atoms with Gasteiger partial charge < -0.3 is 15.6 Å². The summed E-state index contributed by atoms with van der Waals surface area (Å²) in [6.07, 6.45) is 2.75. The van der Waals surface area contributed by atoms with Gasteiger partial charge in [-0.2, -0.15) is 0 Å². The van der Waals surface area contributed by atoms with Gasteiger partial charge in [0.2, 0.25) is 10.0 Å². The lowest BCUT2D eigenvalue weighted by molar-refractivity contribution is 0.0892. The van der Waals surface area contributed by atoms with E-state index in [9.17, 15) is 13.2 Å². The highest BCUT2D eigenvalue weighted by atomic mass is 32.2. The van der Waals surface area contributed by atoms with Gasteiger partial charge >= 0.3 is 0 Å². The minimum Gasteiger partial charge on any atom is -0.360 e. The maximum absolute atomic E-state index is 12.3. The average Bonchev–Trinajstić information content (AvgIpc) is 3.26. The standard InChI is InChI=1S/C15H24N4O4S/c1-10-9-19(24(21,22)7-5-16)6-4-12(10)17-15(20)13-8-14(23-18-13)11-2-3-11/h8,10-12H,2-7,9,16H2,1H3,(H,17,20)/t10-,12?/m1/s1. The first-order valence-electron chi connectivity index (χ1n) is 8.36. The van der Waals surface area contributed by atoms with Crippen molar-refractivity contribution in [2.24, 2.45) is 11.7 Å². The Hall–Kier alpha value is -1.45. The number of hydrogen-bond acceptors (Lipinski definition) is 6. The van der Waals surface area contributed by atoms with E-state index in [4.69, 9.17) is 10.3 Å². The van der Waals surface area contributed by atoms with Gasteiger partial charge in [-0.05, 0) is 25.2 Å². The van der Waals surface area contributed by atoms with Gasteiger partial charge in [0.1, 0.15) is 5.76 Å². The summed E-state index contributed by atoms with van der Waals surface area (Å²) in [6.45, 7) is 2.83. The molecule has 2 heterocycles. The molecule has 1 unspecified atom stereocenters. The molecule has 2 fully saturated rings. The number of hydrogen-bond donors (Lipinski definition) is 2. The Morgan fingerprint density at radius 1 is 1.46 bits per heavy atom. The van der Waals surface area contributed by atoms with Crippen LogP contribution in [0.5, 0.6) is 0 Å². The second-order valence-corrected chi connectivity index (χ2v) is 8.79. The van der Waals surface area contributed by atoms with Crippen molar-refractivity contribution in [3.8, 4) is 0 Å². The largest absolute Gasteiger partial charge is 0.360 e. The van der Waals surface area contributed by atoms with Crippen LogP contribution in [0.2, 0.25) is 0 Å². The van der Waals surface area contributed by atoms with Crippen LogP contribution >= 0.6 is 0 Å². The second-order valence-electron chi connectivity index (χ2n) is 6.70. The number of amides is 1. The number of rotatable bonds is 6. The lowest BCUT2D eigenvalue weighted by Gasteiger charge is -2.36. The number of nitrogens with one attached hydrogen (secondary N) is 1. The summed E-state index contributed by atoms with van der Waals surface area (Å²) in [5, 5.41) is 6.79. The fraction of sp³-hybridized carbons (Fsp3) is 0.733. The summed E-state index contributed by atoms with van der Waals surface area (Å²) >= 11 is 0. The van der Waals surface area contributed by atoms with E-state index >= 15 is 0 Å². The molecular formula is C15H24N4O4S. The molecule has 1 aromatic heterocycles. The van der Waals surface area contributed by atoms with Crippen molar-refractivity contribution in [1.82, 2.24) is 14.8 Å². The van der Waals surface area contributed by atoms with Crippen LogP contribution in [0.1, 0.15) is 48.4 Å². The lowest BCUT2D eigenvalue weighted by Crippen LogP contribution is -2.52. The van der Waals surface area contributed by atoms with Crippen molar-refractivity contribution >= 4 is 15.9 Å². The van der Waals surface area contributed by atoms with Gasteiger partial charge in [0.05, 0.1) is 5.75 Å². The van der Waals surface area contributed by atoms with Crippen LogP contribution in [0.15, 0.2) is 10.6 Å². The van der Waals surface area contributed by atoms with Gasteiger partial charge in [-0.15, -0.1) is 0 Å². The molecule has 3 rings (SSSR count). The van der Waals surface area contributed by atoms with E-state index in [1.807, 2.05) is 6.92 Å². The first kappa shape index (κ1) is 17.4. The number of nitrogens with two attached hydrogens (primary N) is 1. The van der Waals surface area contributed by atoms with Crippen molar-refractivity contribution in [3.63, 3.8) is 0 Å². The molecule has 2 aliphatic rings. The van der Waals surface area contributed by atoms with Crippen LogP contribution in [0.3, 0.4) is 0 Å². The topological polar surface area (TPSA) is 119 Å². The fourth-order valence-electron chi connectivity index (χ4n) is 3.05. The number of carbonyl (C=O) groups is 1. The monoisotopic (exact) mass is 356 g/mol. The maximum Gasteiger partial charge on any atom is 0.273 e. The zero-order valence-electron chi connectivity index (χ0n) is 13.8. The van der Waals surface area contributed by atoms with E-state index in [1.54, 1.807) is 6.07 Å². The molecule has 2 atom stereocenters. The molecule has 1 saturated carbocycles. The molecule has 134 valence electrons. The normalized spacial score (nSPS) is 25.6. The number of piperidine rings is 1. The van der Waals surface area contributed by atoms with Gasteiger partial charge in [0.15, 0.2) is 5.69 Å². The van der Waals surface area contributed by atoms with E-state index in [2.05, 4.69) is 10.5 Å². The second kappa shape index (κ2) is 6.81. The molecule has 1 aromatic rings. The van der Waals surface area contributed by atoms with Crippen molar-refractivity contribution < 1.29 is 17.7 Å². The predicted octanol–water partition coefficient (Wildman–Crippen LogP) is 0.281. The first-order chi connectivity index (χ1) is 11.4. The van der Waals surface area contributed by atoms with E-state index < -0.39 is 10.0 Å². The van der Waals surface area contributed by atoms with Crippen LogP contribution < -0.4 is 11.1 Å². The third kappa shape index (κ3) is 3.79. The smallest absolute Gasteiger partial charge is 0.273 e. The molecule has 1 aliphatic carbocycles. The van der Waals surface area contributed by atoms with E-state index in [0.717, 1.165) is 18.6 Å². The van der Waals surface area contributed by atoms with Crippen LogP contribution in [-0.4, -0.2) is 55.2 Å². The van der Waals surface area contributed by atoms with E-state index in [1.165, 1.54) is 4.31 Å². The van der Waals surface area contributed by atoms with Crippen molar-refractivity contribution in [2.75, 3.05) is 25.4 Å². The number of aromatic nitrogens is 1. The molecule has 0 radical (unpaired) electrons. The fourth-order valence-corrected chi connectivity index (χ4v) is 4.45. The molecule has 3 N–H and O–H groups in total. The Kier molecular flexibility index (Phi) is 4.93. The third-order valence-electron chi connectivity index (χ3n) is 4.69. The number of nitrogens with zero attached hydrogens (tertiary/aromatic N) is 2. The quantitative estimate of drug-likeness (QED) is 0.756. The summed E-state index contributed by atoms with van der Waals surface area (Å²) in [5.41, 5.74) is 5.66. The van der Waals surface area contributed by atoms with Crippen molar-refractivity contribution in [2.45, 2.75) is 38.1 Å². The summed E-state index contributed by atoms with van der Waals surface area (Å²) in [4.78, 5) is 12.3. The van der Waals surface area contributed by atoms with Crippen LogP contribution in [0.25, 0.3) is 0 Å². The average molecular weight is 356 g/mol.